The molecule has 0 aliphatic heterocycles. The minimum atomic E-state index is -0.436. The Bertz CT molecular complexity index is 855. The summed E-state index contributed by atoms with van der Waals surface area (Å²) in [5, 5.41) is 6.47. The van der Waals surface area contributed by atoms with Crippen molar-refractivity contribution in [3.8, 4) is 11.5 Å². The second-order valence-electron chi connectivity index (χ2n) is 6.34. The molecule has 0 spiro atoms. The first-order chi connectivity index (χ1) is 14.5. The summed E-state index contributed by atoms with van der Waals surface area (Å²) in [6, 6.07) is 12.7. The molecule has 0 radical (unpaired) electrons. The van der Waals surface area contributed by atoms with Gasteiger partial charge in [0.05, 0.1) is 27.0 Å². The lowest BCUT2D eigenvalue weighted by molar-refractivity contribution is -0.120. The maximum atomic E-state index is 12.3. The number of carbonyl (C=O) groups is 2. The molecule has 0 aliphatic rings. The molecule has 8 nitrogen and oxygen atoms in total. The zero-order valence-corrected chi connectivity index (χ0v) is 17.8. The van der Waals surface area contributed by atoms with Gasteiger partial charge >= 0.3 is 0 Å². The molecule has 0 heterocycles. The third kappa shape index (κ3) is 6.51. The largest absolute Gasteiger partial charge is 0.497 e. The predicted octanol–water partition coefficient (Wildman–Crippen LogP) is 2.43. The molecule has 2 amide bonds. The standard InChI is InChI=1S/C22H28N4O4/c1-5-26(6-2)18-9-7-16(8-10-18)14-24-25-21(27)15-23-22(28)17-11-19(29-3)13-20(12-17)30-4/h7-14H,5-6,15H2,1-4H3,(H,23,28)(H,25,27)/b24-14-. The highest BCUT2D eigenvalue weighted by Gasteiger charge is 2.11. The molecule has 30 heavy (non-hydrogen) atoms. The van der Waals surface area contributed by atoms with Crippen LogP contribution in [0.15, 0.2) is 47.6 Å². The van der Waals surface area contributed by atoms with Gasteiger partial charge in [0, 0.05) is 30.4 Å². The number of hydrazone groups is 1. The topological polar surface area (TPSA) is 92.3 Å². The van der Waals surface area contributed by atoms with Gasteiger partial charge in [0.2, 0.25) is 0 Å². The molecule has 2 N–H and O–H groups in total. The molecule has 0 saturated heterocycles. The van der Waals surface area contributed by atoms with Crippen molar-refractivity contribution in [3.05, 3.63) is 53.6 Å². The van der Waals surface area contributed by atoms with Crippen LogP contribution in [0.1, 0.15) is 29.8 Å². The van der Waals surface area contributed by atoms with Gasteiger partial charge in [-0.05, 0) is 43.7 Å². The van der Waals surface area contributed by atoms with Crippen molar-refractivity contribution in [1.29, 1.82) is 0 Å². The Morgan fingerprint density at radius 1 is 1.00 bits per heavy atom. The lowest BCUT2D eigenvalue weighted by Crippen LogP contribution is -2.34. The number of hydrogen-bond donors (Lipinski definition) is 2. The van der Waals surface area contributed by atoms with Crippen LogP contribution in [0.25, 0.3) is 0 Å². The Morgan fingerprint density at radius 3 is 2.13 bits per heavy atom. The summed E-state index contributed by atoms with van der Waals surface area (Å²) in [4.78, 5) is 26.5. The van der Waals surface area contributed by atoms with Crippen molar-refractivity contribution < 1.29 is 19.1 Å². The van der Waals surface area contributed by atoms with E-state index >= 15 is 0 Å². The number of anilines is 1. The van der Waals surface area contributed by atoms with Crippen LogP contribution in [0.2, 0.25) is 0 Å². The minimum Gasteiger partial charge on any atom is -0.497 e. The van der Waals surface area contributed by atoms with Crippen LogP contribution in [0.4, 0.5) is 5.69 Å². The van der Waals surface area contributed by atoms with E-state index in [0.717, 1.165) is 24.3 Å². The Kier molecular flexibility index (Phi) is 8.68. The number of rotatable bonds is 10. The maximum Gasteiger partial charge on any atom is 0.259 e. The summed E-state index contributed by atoms with van der Waals surface area (Å²) < 4.78 is 10.3. The highest BCUT2D eigenvalue weighted by molar-refractivity contribution is 5.97. The van der Waals surface area contributed by atoms with E-state index in [0.29, 0.717) is 17.1 Å². The zero-order chi connectivity index (χ0) is 21.9. The number of nitrogens with zero attached hydrogens (tertiary/aromatic N) is 2. The summed E-state index contributed by atoms with van der Waals surface area (Å²) in [6.45, 7) is 5.88. The van der Waals surface area contributed by atoms with Crippen LogP contribution >= 0.6 is 0 Å². The molecular formula is C22H28N4O4. The van der Waals surface area contributed by atoms with Gasteiger partial charge in [-0.25, -0.2) is 5.43 Å². The van der Waals surface area contributed by atoms with E-state index < -0.39 is 11.8 Å². The van der Waals surface area contributed by atoms with Crippen molar-refractivity contribution in [3.63, 3.8) is 0 Å². The van der Waals surface area contributed by atoms with Gasteiger partial charge in [-0.15, -0.1) is 0 Å². The van der Waals surface area contributed by atoms with Crippen molar-refractivity contribution >= 4 is 23.7 Å². The van der Waals surface area contributed by atoms with E-state index in [2.05, 4.69) is 34.6 Å². The van der Waals surface area contributed by atoms with Crippen LogP contribution in [0.5, 0.6) is 11.5 Å². The molecule has 0 unspecified atom stereocenters. The van der Waals surface area contributed by atoms with Crippen LogP contribution < -0.4 is 25.1 Å². The normalized spacial score (nSPS) is 10.5. The molecule has 8 heteroatoms. The average Bonchev–Trinajstić information content (AvgIpc) is 2.78. The molecule has 2 aromatic rings. The summed E-state index contributed by atoms with van der Waals surface area (Å²) >= 11 is 0. The van der Waals surface area contributed by atoms with Gasteiger partial charge in [-0.1, -0.05) is 12.1 Å². The van der Waals surface area contributed by atoms with E-state index in [1.54, 1.807) is 24.4 Å². The van der Waals surface area contributed by atoms with Gasteiger partial charge in [0.15, 0.2) is 0 Å². The number of ether oxygens (including phenoxy) is 2. The van der Waals surface area contributed by atoms with Crippen LogP contribution in [-0.2, 0) is 4.79 Å². The number of benzene rings is 2. The molecule has 160 valence electrons. The van der Waals surface area contributed by atoms with E-state index in [9.17, 15) is 9.59 Å². The lowest BCUT2D eigenvalue weighted by atomic mass is 10.2. The summed E-state index contributed by atoms with van der Waals surface area (Å²) in [6.07, 6.45) is 1.55. The first kappa shape index (κ1) is 22.7. The SMILES string of the molecule is CCN(CC)c1ccc(/C=N\NC(=O)CNC(=O)c2cc(OC)cc(OC)c2)cc1. The fourth-order valence-corrected chi connectivity index (χ4v) is 2.78. The van der Waals surface area contributed by atoms with Gasteiger partial charge in [-0.2, -0.15) is 5.10 Å². The van der Waals surface area contributed by atoms with Crippen molar-refractivity contribution in [2.45, 2.75) is 13.8 Å². The van der Waals surface area contributed by atoms with Crippen molar-refractivity contribution in [1.82, 2.24) is 10.7 Å². The highest BCUT2D eigenvalue weighted by Crippen LogP contribution is 2.22. The second-order valence-corrected chi connectivity index (χ2v) is 6.34. The van der Waals surface area contributed by atoms with Crippen LogP contribution in [0, 0.1) is 0 Å². The second kappa shape index (κ2) is 11.5. The predicted molar refractivity (Wildman–Crippen MR) is 118 cm³/mol. The first-order valence-corrected chi connectivity index (χ1v) is 9.68. The molecule has 0 saturated carbocycles. The zero-order valence-electron chi connectivity index (χ0n) is 17.8. The molecule has 0 atom stereocenters. The Labute approximate surface area is 176 Å². The Morgan fingerprint density at radius 2 is 1.60 bits per heavy atom. The lowest BCUT2D eigenvalue weighted by Gasteiger charge is -2.20. The monoisotopic (exact) mass is 412 g/mol. The molecule has 0 fully saturated rings. The molecule has 2 aromatic carbocycles. The van der Waals surface area contributed by atoms with Crippen LogP contribution in [-0.4, -0.2) is 51.9 Å². The van der Waals surface area contributed by atoms with E-state index in [1.807, 2.05) is 24.3 Å². The van der Waals surface area contributed by atoms with Crippen LogP contribution in [0.3, 0.4) is 0 Å². The number of nitrogens with one attached hydrogen (secondary N) is 2. The molecule has 2 rings (SSSR count). The molecule has 0 bridgehead atoms. The summed E-state index contributed by atoms with van der Waals surface area (Å²) in [5.74, 6) is 0.119. The number of methoxy groups -OCH3 is 2. The minimum absolute atomic E-state index is 0.212. The van der Waals surface area contributed by atoms with E-state index in [-0.39, 0.29) is 6.54 Å². The van der Waals surface area contributed by atoms with Crippen molar-refractivity contribution in [2.75, 3.05) is 38.8 Å². The third-order valence-electron chi connectivity index (χ3n) is 4.45. The fourth-order valence-electron chi connectivity index (χ4n) is 2.78. The highest BCUT2D eigenvalue weighted by atomic mass is 16.5. The van der Waals surface area contributed by atoms with Gasteiger partial charge in [0.1, 0.15) is 11.5 Å². The Balaban J connectivity index is 1.85. The fraction of sp³-hybridized carbons (Fsp3) is 0.318. The number of amides is 2. The maximum absolute atomic E-state index is 12.3. The molecule has 0 aromatic heterocycles. The summed E-state index contributed by atoms with van der Waals surface area (Å²) in [7, 11) is 3.00. The summed E-state index contributed by atoms with van der Waals surface area (Å²) in [5.41, 5.74) is 4.73. The first-order valence-electron chi connectivity index (χ1n) is 9.68. The van der Waals surface area contributed by atoms with Gasteiger partial charge in [-0.3, -0.25) is 9.59 Å². The third-order valence-corrected chi connectivity index (χ3v) is 4.45. The molecule has 0 aliphatic carbocycles. The van der Waals surface area contributed by atoms with E-state index in [1.165, 1.54) is 14.2 Å². The smallest absolute Gasteiger partial charge is 0.259 e. The van der Waals surface area contributed by atoms with Gasteiger partial charge in [0.25, 0.3) is 11.8 Å². The number of carbonyl (C=O) groups excluding carboxylic acids is 2. The number of hydrogen-bond acceptors (Lipinski definition) is 6. The average molecular weight is 412 g/mol. The molecular weight excluding hydrogens is 384 g/mol. The van der Waals surface area contributed by atoms with Crippen molar-refractivity contribution in [2.24, 2.45) is 5.10 Å². The Hall–Kier alpha value is -3.55. The van der Waals surface area contributed by atoms with E-state index in [4.69, 9.17) is 9.47 Å². The quantitative estimate of drug-likeness (QED) is 0.462. The van der Waals surface area contributed by atoms with Gasteiger partial charge < -0.3 is 19.7 Å².